The third kappa shape index (κ3) is 24.6. The van der Waals surface area contributed by atoms with Gasteiger partial charge in [0.25, 0.3) is 0 Å². The molecule has 8 fully saturated rings. The summed E-state index contributed by atoms with van der Waals surface area (Å²) in [4.78, 5) is 2.42. The first-order valence-corrected chi connectivity index (χ1v) is 41.1. The van der Waals surface area contributed by atoms with Gasteiger partial charge in [-0.3, -0.25) is 0 Å². The van der Waals surface area contributed by atoms with E-state index in [1.54, 1.807) is 0 Å². The maximum absolute atomic E-state index is 11.9. The second-order valence-electron chi connectivity index (χ2n) is 29.4. The van der Waals surface area contributed by atoms with E-state index in [4.69, 9.17) is 156 Å². The zero-order valence-corrected chi connectivity index (χ0v) is 65.0. The topological polar surface area (TPSA) is 743 Å². The summed E-state index contributed by atoms with van der Waals surface area (Å²) < 4.78 is 73.7. The Balaban J connectivity index is 0.764. The third-order valence-corrected chi connectivity index (χ3v) is 24.0. The predicted molar refractivity (Wildman–Crippen MR) is 408 cm³/mol. The van der Waals surface area contributed by atoms with Crippen LogP contribution >= 0.6 is 48.0 Å². The van der Waals surface area contributed by atoms with Crippen LogP contribution in [-0.2, 0) is 56.8 Å². The number of thioether (sulfide) groups is 2. The first kappa shape index (κ1) is 94.0. The molecule has 42 N–H and O–H groups in total. The van der Waals surface area contributed by atoms with Crippen molar-refractivity contribution in [1.29, 1.82) is 0 Å². The smallest absolute Gasteiger partial charge is 0.187 e. The van der Waals surface area contributed by atoms with Crippen molar-refractivity contribution in [2.24, 2.45) is 74.5 Å². The third-order valence-electron chi connectivity index (χ3n) is 21.3. The van der Waals surface area contributed by atoms with Gasteiger partial charge in [0.15, 0.2) is 48.0 Å². The fourth-order valence-electron chi connectivity index (χ4n) is 14.6. The Hall–Kier alpha value is -1.44. The van der Waals surface area contributed by atoms with Crippen molar-refractivity contribution in [3.63, 3.8) is 0 Å². The van der Waals surface area contributed by atoms with E-state index in [0.29, 0.717) is 54.5 Å². The molecule has 6 aliphatic heterocycles. The highest BCUT2D eigenvalue weighted by Crippen LogP contribution is 2.39. The fraction of sp³-hybridized carbons (Fsp3) is 0.969. The van der Waals surface area contributed by atoms with Gasteiger partial charge in [-0.05, 0) is 95.6 Å². The standard InChI is InChI=1S/C64H128N18O24S4/c65-7-2-1-4-12-82(14-6-9-79-64(108)81-11-16-110-24-34-54(104-60-38(77)48(92)44(88)32(22-69)98-60)50(94)62(100-34)106-56-40(84)26(71)18-28(73)52(56)102-58-36(75)46(90)42(86)30(20-67)96-58)13-5-3-8-78-63(107)80-10-15-109-23-33-53(103-59-37(76)47(91)43(87)31(21-68)97-59)49(93)61(99-33)105-55-39(83)25(70)17-27(72)51(55)101-57-35(74)45(89)41(85)29(19-66)95-57/h25-62,83-94H,1-24,65-77H2,(H2,78,80,107)(H2,79,81,108)/t25-,26-,27?,28?,29?,30?,31?,32?,33?,34?,35?,36?,37?,38?,39?,40?,41-,42-,43-,44+,45?,46?,47?,48-,49?,50?,51-,52-,53?,54?,55?,56?,57-,58+,59-,60-,61?,62+/m1/s1. The molecule has 0 spiro atoms. The average Bonchev–Trinajstić information content (AvgIpc) is 1.47. The molecule has 2 aliphatic carbocycles. The van der Waals surface area contributed by atoms with Crippen molar-refractivity contribution in [2.45, 2.75) is 284 Å². The van der Waals surface area contributed by atoms with Gasteiger partial charge in [-0.15, -0.1) is 0 Å². The molecule has 8 rings (SSSR count). The van der Waals surface area contributed by atoms with Crippen LogP contribution in [0.1, 0.15) is 51.4 Å². The Morgan fingerprint density at radius 2 is 0.627 bits per heavy atom. The lowest BCUT2D eigenvalue weighted by molar-refractivity contribution is -0.306. The van der Waals surface area contributed by atoms with E-state index in [0.717, 1.165) is 58.2 Å². The minimum atomic E-state index is -1.59. The largest absolute Gasteiger partial charge is 0.389 e. The summed E-state index contributed by atoms with van der Waals surface area (Å²) in [5.74, 6) is 1.39. The summed E-state index contributed by atoms with van der Waals surface area (Å²) in [6.45, 7) is 4.48. The SMILES string of the molecule is NCCCCCN(CCCCNC(=S)NCCSCC1OC(OC2C(O)[C@H](N)CC(N)[C@H]2O[C@H]2OC(CN)[C@@H](O)C(O)C2N)C(O)C1O[C@H]1OC(CN)[C@@H](O)C(O)C1N)CCCNC(=S)NCCSCC1O[C@@H](OC2C(O)[C@H](N)CC(N)[C@H]2O[C@@H]2OC(CN)[C@@H](O)C(O)C2N)C(O)C1O[C@H]1OC(CN)[C@H](O)[C@H](O)C1N. The highest BCUT2D eigenvalue weighted by molar-refractivity contribution is 7.99. The van der Waals surface area contributed by atoms with E-state index in [2.05, 4.69) is 26.2 Å². The van der Waals surface area contributed by atoms with Gasteiger partial charge < -0.3 is 219 Å². The molecule has 38 atom stereocenters. The van der Waals surface area contributed by atoms with Crippen LogP contribution in [0.4, 0.5) is 0 Å². The van der Waals surface area contributed by atoms with E-state index in [1.807, 2.05) is 0 Å². The number of nitrogens with one attached hydrogen (secondary N) is 4. The van der Waals surface area contributed by atoms with Crippen LogP contribution in [0, 0.1) is 0 Å². The maximum atomic E-state index is 11.9. The molecule has 0 bridgehead atoms. The second-order valence-corrected chi connectivity index (χ2v) is 32.5. The van der Waals surface area contributed by atoms with Crippen LogP contribution < -0.4 is 95.8 Å². The van der Waals surface area contributed by atoms with Gasteiger partial charge in [-0.2, -0.15) is 23.5 Å². The first-order chi connectivity index (χ1) is 52.5. The van der Waals surface area contributed by atoms with E-state index < -0.39 is 233 Å². The second kappa shape index (κ2) is 45.7. The average molecular weight is 1660 g/mol. The Bertz CT molecular complexity index is 2690. The summed E-state index contributed by atoms with van der Waals surface area (Å²) in [5.41, 5.74) is 79.9. The van der Waals surface area contributed by atoms with Gasteiger partial charge >= 0.3 is 0 Å². The molecule has 0 aromatic rings. The Morgan fingerprint density at radius 3 is 0.973 bits per heavy atom. The van der Waals surface area contributed by atoms with Crippen LogP contribution in [0.25, 0.3) is 0 Å². The lowest BCUT2D eigenvalue weighted by atomic mass is 9.84. The van der Waals surface area contributed by atoms with Crippen molar-refractivity contribution < 1.29 is 118 Å². The minimum absolute atomic E-state index is 0.0609. The lowest BCUT2D eigenvalue weighted by Gasteiger charge is -2.47. The highest BCUT2D eigenvalue weighted by Gasteiger charge is 2.58. The molecule has 6 heterocycles. The number of rotatable bonds is 40. The van der Waals surface area contributed by atoms with Crippen molar-refractivity contribution in [1.82, 2.24) is 26.2 Å². The Morgan fingerprint density at radius 1 is 0.327 bits per heavy atom. The number of ether oxygens (including phenoxy) is 12. The van der Waals surface area contributed by atoms with Gasteiger partial charge in [-0.25, -0.2) is 0 Å². The predicted octanol–water partition coefficient (Wildman–Crippen LogP) is -14.8. The molecular formula is C64H128N18O24S4. The number of aliphatic hydroxyl groups excluding tert-OH is 12. The van der Waals surface area contributed by atoms with Gasteiger partial charge in [0.2, 0.25) is 0 Å². The van der Waals surface area contributed by atoms with Crippen molar-refractivity contribution in [2.75, 3.05) is 102 Å². The zero-order valence-electron chi connectivity index (χ0n) is 61.8. The number of hydrogen-bond acceptors (Lipinski definition) is 42. The van der Waals surface area contributed by atoms with Crippen molar-refractivity contribution >= 4 is 58.2 Å². The molecule has 110 heavy (non-hydrogen) atoms. The minimum Gasteiger partial charge on any atom is -0.389 e. The lowest BCUT2D eigenvalue weighted by Crippen LogP contribution is -2.68. The van der Waals surface area contributed by atoms with E-state index in [1.165, 1.54) is 23.5 Å². The van der Waals surface area contributed by atoms with Crippen LogP contribution in [0.5, 0.6) is 0 Å². The van der Waals surface area contributed by atoms with E-state index >= 15 is 0 Å². The monoisotopic (exact) mass is 1660 g/mol. The molecule has 2 saturated carbocycles. The van der Waals surface area contributed by atoms with Crippen LogP contribution in [0.2, 0.25) is 0 Å². The zero-order chi connectivity index (χ0) is 80.4. The van der Waals surface area contributed by atoms with Gasteiger partial charge in [0.05, 0.1) is 48.6 Å². The number of nitrogens with zero attached hydrogens (tertiary/aromatic N) is 1. The van der Waals surface area contributed by atoms with Gasteiger partial charge in [0, 0.05) is 99.5 Å². The number of aliphatic hydroxyl groups is 12. The van der Waals surface area contributed by atoms with E-state index in [-0.39, 0.29) is 50.5 Å². The highest BCUT2D eigenvalue weighted by atomic mass is 32.2. The number of hydrogen-bond donors (Lipinski definition) is 29. The van der Waals surface area contributed by atoms with Crippen molar-refractivity contribution in [3.8, 4) is 0 Å². The first-order valence-electron chi connectivity index (χ1n) is 38.0. The summed E-state index contributed by atoms with van der Waals surface area (Å²) >= 11 is 14.1. The quantitative estimate of drug-likeness (QED) is 0.0200. The summed E-state index contributed by atoms with van der Waals surface area (Å²) in [6.07, 6.45) is -34.4. The van der Waals surface area contributed by atoms with Crippen LogP contribution in [0.3, 0.4) is 0 Å². The molecule has 0 aromatic carbocycles. The van der Waals surface area contributed by atoms with Gasteiger partial charge in [-0.1, -0.05) is 6.42 Å². The van der Waals surface area contributed by atoms with Gasteiger partial charge in [0.1, 0.15) is 122 Å². The normalized spacial score (nSPS) is 43.9. The molecule has 46 heteroatoms. The Labute approximate surface area is 659 Å². The fourth-order valence-corrected chi connectivity index (χ4v) is 16.9. The molecule has 642 valence electrons. The van der Waals surface area contributed by atoms with Crippen LogP contribution in [0.15, 0.2) is 0 Å². The molecule has 0 radical (unpaired) electrons. The molecule has 8 aliphatic rings. The molecule has 0 amide bonds. The van der Waals surface area contributed by atoms with Crippen molar-refractivity contribution in [3.05, 3.63) is 0 Å². The summed E-state index contributed by atoms with van der Waals surface area (Å²) in [7, 11) is 0. The molecule has 6 saturated heterocycles. The molecular weight excluding hydrogens is 1530 g/mol. The number of nitrogens with two attached hydrogens (primary N) is 13. The van der Waals surface area contributed by atoms with Crippen LogP contribution in [-0.4, -0.2) is 411 Å². The summed E-state index contributed by atoms with van der Waals surface area (Å²) in [5, 5.41) is 146. The number of unbranched alkanes of at least 4 members (excludes halogenated alkanes) is 3. The molecule has 24 unspecified atom stereocenters. The molecule has 42 nitrogen and oxygen atoms in total. The number of thiocarbonyl (C=S) groups is 2. The maximum Gasteiger partial charge on any atom is 0.187 e. The van der Waals surface area contributed by atoms with E-state index in [9.17, 15) is 61.3 Å². The molecule has 0 aromatic heterocycles. The Kier molecular flexibility index (Phi) is 39.0. The summed E-state index contributed by atoms with van der Waals surface area (Å²) in [6, 6.07) is -8.71.